The van der Waals surface area contributed by atoms with Gasteiger partial charge >= 0.3 is 11.9 Å². The molecule has 0 bridgehead atoms. The van der Waals surface area contributed by atoms with E-state index in [1.54, 1.807) is 26.0 Å². The molecule has 0 heterocycles. The molecule has 0 saturated heterocycles. The van der Waals surface area contributed by atoms with E-state index in [0.717, 1.165) is 16.3 Å². The number of carbonyl (C=O) groups is 2. The topological polar surface area (TPSA) is 82.1 Å². The molecule has 0 aliphatic rings. The van der Waals surface area contributed by atoms with Gasteiger partial charge in [0, 0.05) is 6.42 Å². The molecule has 0 saturated carbocycles. The second-order valence-electron chi connectivity index (χ2n) is 5.37. The summed E-state index contributed by atoms with van der Waals surface area (Å²) in [4.78, 5) is 23.0. The molecule has 1 N–H and O–H groups in total. The van der Waals surface area contributed by atoms with Gasteiger partial charge in [0.15, 0.2) is 12.7 Å². The highest BCUT2D eigenvalue weighted by molar-refractivity contribution is 5.88. The summed E-state index contributed by atoms with van der Waals surface area (Å²) in [5.41, 5.74) is 0.791. The third-order valence-electron chi connectivity index (χ3n) is 3.58. The largest absolute Gasteiger partial charge is 0.482 e. The maximum atomic E-state index is 11.6. The van der Waals surface area contributed by atoms with Crippen LogP contribution in [0.1, 0.15) is 19.4 Å². The predicted octanol–water partition coefficient (Wildman–Crippen LogP) is 2.25. The van der Waals surface area contributed by atoms with Crippen molar-refractivity contribution in [3.05, 3.63) is 42.0 Å². The maximum Gasteiger partial charge on any atom is 0.344 e. The molecule has 0 aliphatic heterocycles. The lowest BCUT2D eigenvalue weighted by atomic mass is 9.99. The molecule has 0 fully saturated rings. The van der Waals surface area contributed by atoms with Gasteiger partial charge in [-0.2, -0.15) is 0 Å². The lowest BCUT2D eigenvalue weighted by Crippen LogP contribution is -2.25. The Balaban J connectivity index is 2.18. The quantitative estimate of drug-likeness (QED) is 0.738. The Kier molecular flexibility index (Phi) is 6.77. The van der Waals surface area contributed by atoms with Gasteiger partial charge in [-0.1, -0.05) is 24.3 Å². The van der Waals surface area contributed by atoms with Gasteiger partial charge in [-0.15, -0.1) is 0 Å². The zero-order valence-corrected chi connectivity index (χ0v) is 14.4. The smallest absolute Gasteiger partial charge is 0.344 e. The number of fused-ring (bicyclic) bond motifs is 1. The zero-order chi connectivity index (χ0) is 18.2. The van der Waals surface area contributed by atoms with Crippen molar-refractivity contribution in [3.8, 4) is 5.75 Å². The number of aliphatic hydroxyl groups is 1. The molecule has 2 aromatic rings. The summed E-state index contributed by atoms with van der Waals surface area (Å²) in [5, 5.41) is 11.8. The van der Waals surface area contributed by atoms with Crippen LogP contribution in [0.5, 0.6) is 5.75 Å². The number of benzene rings is 2. The summed E-state index contributed by atoms with van der Waals surface area (Å²) in [6.07, 6.45) is -1.09. The van der Waals surface area contributed by atoms with Crippen LogP contribution in [0, 0.1) is 0 Å². The molecule has 2 rings (SSSR count). The van der Waals surface area contributed by atoms with Gasteiger partial charge in [-0.3, -0.25) is 0 Å². The minimum atomic E-state index is -1.23. The minimum Gasteiger partial charge on any atom is -0.482 e. The second kappa shape index (κ2) is 9.03. The Labute approximate surface area is 146 Å². The zero-order valence-electron chi connectivity index (χ0n) is 14.4. The van der Waals surface area contributed by atoms with E-state index >= 15 is 0 Å². The Morgan fingerprint density at radius 2 is 1.84 bits per heavy atom. The fourth-order valence-corrected chi connectivity index (χ4v) is 2.46. The van der Waals surface area contributed by atoms with Crippen molar-refractivity contribution in [1.29, 1.82) is 0 Å². The standard InChI is InChI=1S/C19H22O6/c1-3-23-18(21)12-25-15-9-8-13-6-5-7-14(16(13)11-15)10-17(20)19(22)24-4-2/h5-9,11,17,20H,3-4,10,12H2,1-2H3. The van der Waals surface area contributed by atoms with Crippen molar-refractivity contribution < 1.29 is 28.9 Å². The van der Waals surface area contributed by atoms with E-state index in [0.29, 0.717) is 12.4 Å². The van der Waals surface area contributed by atoms with E-state index in [9.17, 15) is 14.7 Å². The summed E-state index contributed by atoms with van der Waals surface area (Å²) < 4.78 is 15.1. The molecular weight excluding hydrogens is 324 g/mol. The monoisotopic (exact) mass is 346 g/mol. The lowest BCUT2D eigenvalue weighted by molar-refractivity contribution is -0.152. The summed E-state index contributed by atoms with van der Waals surface area (Å²) in [6.45, 7) is 3.77. The Morgan fingerprint density at radius 3 is 2.56 bits per heavy atom. The van der Waals surface area contributed by atoms with Gasteiger partial charge in [0.2, 0.25) is 0 Å². The van der Waals surface area contributed by atoms with Gasteiger partial charge < -0.3 is 19.3 Å². The van der Waals surface area contributed by atoms with Crippen molar-refractivity contribution in [2.24, 2.45) is 0 Å². The second-order valence-corrected chi connectivity index (χ2v) is 5.37. The first kappa shape index (κ1) is 18.7. The molecule has 0 aliphatic carbocycles. The van der Waals surface area contributed by atoms with Gasteiger partial charge in [0.05, 0.1) is 13.2 Å². The number of hydrogen-bond acceptors (Lipinski definition) is 6. The average Bonchev–Trinajstić information content (AvgIpc) is 2.60. The Hall–Kier alpha value is -2.60. The molecule has 0 amide bonds. The van der Waals surface area contributed by atoms with Crippen LogP contribution in [0.25, 0.3) is 10.8 Å². The Bertz CT molecular complexity index is 740. The molecular formula is C19H22O6. The molecule has 134 valence electrons. The van der Waals surface area contributed by atoms with Crippen LogP contribution in [0.3, 0.4) is 0 Å². The molecule has 6 nitrogen and oxygen atoms in total. The Morgan fingerprint density at radius 1 is 1.08 bits per heavy atom. The van der Waals surface area contributed by atoms with E-state index in [2.05, 4.69) is 0 Å². The van der Waals surface area contributed by atoms with E-state index < -0.39 is 18.0 Å². The summed E-state index contributed by atoms with van der Waals surface area (Å²) in [6, 6.07) is 11.0. The first-order valence-electron chi connectivity index (χ1n) is 8.20. The number of aliphatic hydroxyl groups excluding tert-OH is 1. The number of carbonyl (C=O) groups excluding carboxylic acids is 2. The van der Waals surface area contributed by atoms with Crippen molar-refractivity contribution >= 4 is 22.7 Å². The summed E-state index contributed by atoms with van der Waals surface area (Å²) >= 11 is 0. The van der Waals surface area contributed by atoms with Gasteiger partial charge in [-0.25, -0.2) is 9.59 Å². The van der Waals surface area contributed by atoms with Crippen LogP contribution in [0.4, 0.5) is 0 Å². The predicted molar refractivity (Wildman–Crippen MR) is 92.4 cm³/mol. The lowest BCUT2D eigenvalue weighted by Gasteiger charge is -2.13. The van der Waals surface area contributed by atoms with E-state index in [-0.39, 0.29) is 19.6 Å². The van der Waals surface area contributed by atoms with Gasteiger partial charge in [0.25, 0.3) is 0 Å². The molecule has 1 unspecified atom stereocenters. The minimum absolute atomic E-state index is 0.136. The van der Waals surface area contributed by atoms with Crippen LogP contribution in [-0.4, -0.2) is 43.0 Å². The third-order valence-corrected chi connectivity index (χ3v) is 3.58. The fourth-order valence-electron chi connectivity index (χ4n) is 2.46. The average molecular weight is 346 g/mol. The van der Waals surface area contributed by atoms with Crippen molar-refractivity contribution in [2.75, 3.05) is 19.8 Å². The normalized spacial score (nSPS) is 11.8. The van der Waals surface area contributed by atoms with Crippen LogP contribution >= 0.6 is 0 Å². The van der Waals surface area contributed by atoms with Crippen LogP contribution in [0.15, 0.2) is 36.4 Å². The molecule has 0 aromatic heterocycles. The van der Waals surface area contributed by atoms with Crippen LogP contribution in [-0.2, 0) is 25.5 Å². The molecule has 1 atom stereocenters. The number of rotatable bonds is 8. The van der Waals surface area contributed by atoms with Gasteiger partial charge in [0.1, 0.15) is 5.75 Å². The van der Waals surface area contributed by atoms with Gasteiger partial charge in [-0.05, 0) is 42.3 Å². The van der Waals surface area contributed by atoms with Crippen LogP contribution < -0.4 is 4.74 Å². The molecule has 2 aromatic carbocycles. The van der Waals surface area contributed by atoms with Crippen molar-refractivity contribution in [2.45, 2.75) is 26.4 Å². The fraction of sp³-hybridized carbons (Fsp3) is 0.368. The van der Waals surface area contributed by atoms with E-state index in [4.69, 9.17) is 14.2 Å². The van der Waals surface area contributed by atoms with Crippen molar-refractivity contribution in [3.63, 3.8) is 0 Å². The number of hydrogen-bond donors (Lipinski definition) is 1. The van der Waals surface area contributed by atoms with Crippen molar-refractivity contribution in [1.82, 2.24) is 0 Å². The first-order valence-corrected chi connectivity index (χ1v) is 8.20. The molecule has 0 spiro atoms. The van der Waals surface area contributed by atoms with E-state index in [1.807, 2.05) is 24.3 Å². The highest BCUT2D eigenvalue weighted by atomic mass is 16.6. The maximum absolute atomic E-state index is 11.6. The number of esters is 2. The number of ether oxygens (including phenoxy) is 3. The summed E-state index contributed by atoms with van der Waals surface area (Å²) in [7, 11) is 0. The third kappa shape index (κ3) is 5.19. The SMILES string of the molecule is CCOC(=O)COc1ccc2cccc(CC(O)C(=O)OCC)c2c1. The molecule has 6 heteroatoms. The van der Waals surface area contributed by atoms with E-state index in [1.165, 1.54) is 0 Å². The molecule has 0 radical (unpaired) electrons. The van der Waals surface area contributed by atoms with Crippen LogP contribution in [0.2, 0.25) is 0 Å². The first-order chi connectivity index (χ1) is 12.0. The molecule has 25 heavy (non-hydrogen) atoms. The highest BCUT2D eigenvalue weighted by Crippen LogP contribution is 2.25. The summed E-state index contributed by atoms with van der Waals surface area (Å²) in [5.74, 6) is -0.568. The highest BCUT2D eigenvalue weighted by Gasteiger charge is 2.18.